The van der Waals surface area contributed by atoms with E-state index in [-0.39, 0.29) is 23.2 Å². The topological polar surface area (TPSA) is 75.4 Å². The summed E-state index contributed by atoms with van der Waals surface area (Å²) < 4.78 is 0. The van der Waals surface area contributed by atoms with Crippen molar-refractivity contribution in [2.45, 2.75) is 24.9 Å². The smallest absolute Gasteiger partial charge is 0.279 e. The summed E-state index contributed by atoms with van der Waals surface area (Å²) >= 11 is 1.18. The van der Waals surface area contributed by atoms with E-state index < -0.39 is 0 Å². The number of carbonyl (C=O) groups excluding carboxylic acids is 2. The van der Waals surface area contributed by atoms with Crippen LogP contribution in [0.3, 0.4) is 0 Å². The highest BCUT2D eigenvalue weighted by atomic mass is 32.2. The number of nitrogens with one attached hydrogen (secondary N) is 1. The predicted octanol–water partition coefficient (Wildman–Crippen LogP) is -0.239. The van der Waals surface area contributed by atoms with Gasteiger partial charge < -0.3 is 16.0 Å². The minimum Gasteiger partial charge on any atom is -0.341 e. The van der Waals surface area contributed by atoms with Gasteiger partial charge in [0.05, 0.1) is 0 Å². The monoisotopic (exact) mass is 229 g/mol. The summed E-state index contributed by atoms with van der Waals surface area (Å²) in [5.41, 5.74) is 5.76. The van der Waals surface area contributed by atoms with E-state index in [4.69, 9.17) is 5.73 Å². The Morgan fingerprint density at radius 1 is 1.47 bits per heavy atom. The minimum atomic E-state index is -0.322. The van der Waals surface area contributed by atoms with E-state index in [2.05, 4.69) is 5.32 Å². The highest BCUT2D eigenvalue weighted by molar-refractivity contribution is 8.14. The summed E-state index contributed by atoms with van der Waals surface area (Å²) in [5, 5.41) is 2.57. The van der Waals surface area contributed by atoms with Gasteiger partial charge in [-0.15, -0.1) is 0 Å². The molecule has 0 aromatic carbocycles. The van der Waals surface area contributed by atoms with Crippen LogP contribution in [0.2, 0.25) is 0 Å². The fourth-order valence-electron chi connectivity index (χ4n) is 1.86. The highest BCUT2D eigenvalue weighted by Crippen LogP contribution is 2.17. The number of thioether (sulfide) groups is 1. The molecule has 0 aromatic heterocycles. The van der Waals surface area contributed by atoms with Crippen molar-refractivity contribution in [1.82, 2.24) is 10.2 Å². The zero-order chi connectivity index (χ0) is 10.8. The van der Waals surface area contributed by atoms with Gasteiger partial charge in [-0.25, -0.2) is 0 Å². The van der Waals surface area contributed by atoms with Gasteiger partial charge in [-0.1, -0.05) is 11.8 Å². The van der Waals surface area contributed by atoms with Gasteiger partial charge in [0, 0.05) is 24.9 Å². The Morgan fingerprint density at radius 2 is 2.13 bits per heavy atom. The van der Waals surface area contributed by atoms with Gasteiger partial charge in [0.1, 0.15) is 6.04 Å². The van der Waals surface area contributed by atoms with Crippen molar-refractivity contribution < 1.29 is 9.59 Å². The minimum absolute atomic E-state index is 0.0419. The van der Waals surface area contributed by atoms with E-state index in [1.807, 2.05) is 0 Å². The number of carbonyl (C=O) groups is 2. The zero-order valence-electron chi connectivity index (χ0n) is 8.44. The molecule has 1 atom stereocenters. The zero-order valence-corrected chi connectivity index (χ0v) is 9.26. The maximum atomic E-state index is 11.9. The van der Waals surface area contributed by atoms with Crippen molar-refractivity contribution in [1.29, 1.82) is 0 Å². The van der Waals surface area contributed by atoms with Crippen molar-refractivity contribution >= 4 is 22.9 Å². The molecule has 2 amide bonds. The molecule has 5 nitrogen and oxygen atoms in total. The van der Waals surface area contributed by atoms with Crippen LogP contribution >= 0.6 is 11.8 Å². The number of hydrogen-bond donors (Lipinski definition) is 2. The third-order valence-corrected chi connectivity index (χ3v) is 3.70. The quantitative estimate of drug-likeness (QED) is 0.651. The van der Waals surface area contributed by atoms with Crippen LogP contribution in [0.25, 0.3) is 0 Å². The van der Waals surface area contributed by atoms with E-state index in [1.54, 1.807) is 4.90 Å². The lowest BCUT2D eigenvalue weighted by molar-refractivity contribution is -0.133. The molecule has 6 heteroatoms. The van der Waals surface area contributed by atoms with E-state index in [0.29, 0.717) is 5.75 Å². The molecule has 0 spiro atoms. The SMILES string of the molecule is NC1CCN(C(=O)C2CSC(=O)N2)CC1. The average Bonchev–Trinajstić information content (AvgIpc) is 2.65. The summed E-state index contributed by atoms with van der Waals surface area (Å²) in [6, 6.07) is -0.0987. The largest absolute Gasteiger partial charge is 0.341 e. The Balaban J connectivity index is 1.88. The van der Waals surface area contributed by atoms with Crippen LogP contribution in [-0.4, -0.2) is 47.0 Å². The van der Waals surface area contributed by atoms with Gasteiger partial charge in [-0.3, -0.25) is 9.59 Å². The van der Waals surface area contributed by atoms with Crippen molar-refractivity contribution in [2.24, 2.45) is 5.73 Å². The number of rotatable bonds is 1. The molecule has 2 rings (SSSR count). The highest BCUT2D eigenvalue weighted by Gasteiger charge is 2.32. The van der Waals surface area contributed by atoms with E-state index in [1.165, 1.54) is 11.8 Å². The summed E-state index contributed by atoms with van der Waals surface area (Å²) in [6.45, 7) is 1.44. The molecule has 0 radical (unpaired) electrons. The van der Waals surface area contributed by atoms with Gasteiger partial charge in [0.25, 0.3) is 5.24 Å². The van der Waals surface area contributed by atoms with Gasteiger partial charge >= 0.3 is 0 Å². The molecule has 2 fully saturated rings. The number of hydrogen-bond acceptors (Lipinski definition) is 4. The third-order valence-electron chi connectivity index (χ3n) is 2.82. The van der Waals surface area contributed by atoms with E-state index >= 15 is 0 Å². The second-order valence-corrected chi connectivity index (χ2v) is 4.95. The second kappa shape index (κ2) is 4.40. The first-order chi connectivity index (χ1) is 7.16. The molecule has 1 unspecified atom stereocenters. The molecule has 2 aliphatic heterocycles. The Bertz CT molecular complexity index is 277. The summed E-state index contributed by atoms with van der Waals surface area (Å²) in [4.78, 5) is 24.7. The number of amides is 2. The predicted molar refractivity (Wildman–Crippen MR) is 58.6 cm³/mol. The Morgan fingerprint density at radius 3 is 2.67 bits per heavy atom. The maximum Gasteiger partial charge on any atom is 0.279 e. The lowest BCUT2D eigenvalue weighted by Crippen LogP contribution is -2.50. The first kappa shape index (κ1) is 10.8. The number of nitrogens with two attached hydrogens (primary N) is 1. The van der Waals surface area contributed by atoms with Gasteiger partial charge in [0.2, 0.25) is 5.91 Å². The van der Waals surface area contributed by atoms with Gasteiger partial charge in [-0.2, -0.15) is 0 Å². The normalized spacial score (nSPS) is 27.9. The van der Waals surface area contributed by atoms with Crippen LogP contribution in [-0.2, 0) is 4.79 Å². The molecule has 2 saturated heterocycles. The fourth-order valence-corrected chi connectivity index (χ4v) is 2.63. The third kappa shape index (κ3) is 2.43. The van der Waals surface area contributed by atoms with Gasteiger partial charge in [-0.05, 0) is 12.8 Å². The van der Waals surface area contributed by atoms with Crippen LogP contribution < -0.4 is 11.1 Å². The molecule has 3 N–H and O–H groups in total. The summed E-state index contributed by atoms with van der Waals surface area (Å²) in [7, 11) is 0. The summed E-state index contributed by atoms with van der Waals surface area (Å²) in [6.07, 6.45) is 1.72. The maximum absolute atomic E-state index is 11.9. The number of piperidine rings is 1. The van der Waals surface area contributed by atoms with Crippen LogP contribution in [0.15, 0.2) is 0 Å². The van der Waals surface area contributed by atoms with Crippen molar-refractivity contribution in [3.8, 4) is 0 Å². The lowest BCUT2D eigenvalue weighted by atomic mass is 10.1. The van der Waals surface area contributed by atoms with Crippen molar-refractivity contribution in [2.75, 3.05) is 18.8 Å². The molecular formula is C9H15N3O2S. The van der Waals surface area contributed by atoms with Crippen LogP contribution in [0.4, 0.5) is 4.79 Å². The summed E-state index contributed by atoms with van der Waals surface area (Å²) in [5.74, 6) is 0.598. The molecule has 84 valence electrons. The molecule has 2 heterocycles. The fraction of sp³-hybridized carbons (Fsp3) is 0.778. The Kier molecular flexibility index (Phi) is 3.16. The Labute approximate surface area is 92.7 Å². The Hall–Kier alpha value is -0.750. The lowest BCUT2D eigenvalue weighted by Gasteiger charge is -2.31. The van der Waals surface area contributed by atoms with Crippen LogP contribution in [0.5, 0.6) is 0 Å². The van der Waals surface area contributed by atoms with Crippen molar-refractivity contribution in [3.63, 3.8) is 0 Å². The van der Waals surface area contributed by atoms with Crippen molar-refractivity contribution in [3.05, 3.63) is 0 Å². The van der Waals surface area contributed by atoms with E-state index in [0.717, 1.165) is 25.9 Å². The first-order valence-corrected chi connectivity index (χ1v) is 6.13. The number of nitrogens with zero attached hydrogens (tertiary/aromatic N) is 1. The number of likely N-dealkylation sites (tertiary alicyclic amines) is 1. The van der Waals surface area contributed by atoms with Crippen LogP contribution in [0.1, 0.15) is 12.8 Å². The molecular weight excluding hydrogens is 214 g/mol. The van der Waals surface area contributed by atoms with E-state index in [9.17, 15) is 9.59 Å². The molecule has 2 aliphatic rings. The second-order valence-electron chi connectivity index (χ2n) is 3.96. The molecule has 0 bridgehead atoms. The molecule has 0 aliphatic carbocycles. The van der Waals surface area contributed by atoms with Gasteiger partial charge in [0.15, 0.2) is 0 Å². The standard InChI is InChI=1S/C9H15N3O2S/c10-6-1-3-12(4-2-6)8(13)7-5-15-9(14)11-7/h6-7H,1-5,10H2,(H,11,14). The molecule has 15 heavy (non-hydrogen) atoms. The first-order valence-electron chi connectivity index (χ1n) is 5.14. The molecule has 0 aromatic rings. The van der Waals surface area contributed by atoms with Crippen LogP contribution in [0, 0.1) is 0 Å². The average molecular weight is 229 g/mol. The molecule has 0 saturated carbocycles.